The molecule has 0 saturated heterocycles. The fourth-order valence-electron chi connectivity index (χ4n) is 2.97. The van der Waals surface area contributed by atoms with E-state index in [1.807, 2.05) is 0 Å². The van der Waals surface area contributed by atoms with Gasteiger partial charge in [0.05, 0.1) is 18.4 Å². The molecule has 1 amide bonds. The van der Waals surface area contributed by atoms with Crippen molar-refractivity contribution in [1.82, 2.24) is 19.5 Å². The first-order valence-corrected chi connectivity index (χ1v) is 8.35. The topological polar surface area (TPSA) is 136 Å². The Bertz CT molecular complexity index is 1330. The van der Waals surface area contributed by atoms with E-state index < -0.39 is 23.2 Å². The van der Waals surface area contributed by atoms with Crippen LogP contribution in [0, 0.1) is 5.82 Å². The van der Waals surface area contributed by atoms with Gasteiger partial charge in [-0.05, 0) is 24.3 Å². The molecule has 0 aliphatic rings. The van der Waals surface area contributed by atoms with Crippen molar-refractivity contribution >= 4 is 17.1 Å². The van der Waals surface area contributed by atoms with Crippen molar-refractivity contribution in [2.75, 3.05) is 7.11 Å². The van der Waals surface area contributed by atoms with Crippen molar-refractivity contribution in [1.29, 1.82) is 0 Å². The molecular weight excluding hydrogens is 381 g/mol. The second-order valence-corrected chi connectivity index (χ2v) is 6.06. The van der Waals surface area contributed by atoms with Gasteiger partial charge in [-0.25, -0.2) is 23.7 Å². The first-order chi connectivity index (χ1) is 13.9. The van der Waals surface area contributed by atoms with Crippen molar-refractivity contribution in [2.24, 2.45) is 5.73 Å². The van der Waals surface area contributed by atoms with E-state index >= 15 is 0 Å². The highest BCUT2D eigenvalue weighted by Crippen LogP contribution is 2.28. The quantitative estimate of drug-likeness (QED) is 0.481. The third kappa shape index (κ3) is 2.96. The van der Waals surface area contributed by atoms with E-state index in [2.05, 4.69) is 15.0 Å². The Labute approximate surface area is 162 Å². The molecule has 0 atom stereocenters. The lowest BCUT2D eigenvalue weighted by molar-refractivity contribution is 0.0997. The van der Waals surface area contributed by atoms with Gasteiger partial charge in [0.15, 0.2) is 28.7 Å². The smallest absolute Gasteiger partial charge is 0.332 e. The lowest BCUT2D eigenvalue weighted by Gasteiger charge is -2.08. The van der Waals surface area contributed by atoms with Crippen molar-refractivity contribution in [3.8, 4) is 28.6 Å². The Hall–Kier alpha value is -4.21. The maximum Gasteiger partial charge on any atom is 0.332 e. The number of halogens is 1. The molecule has 4 N–H and O–H groups in total. The molecule has 10 heteroatoms. The number of rotatable bonds is 4. The molecule has 0 aliphatic carbocycles. The molecule has 0 saturated carbocycles. The van der Waals surface area contributed by atoms with Gasteiger partial charge in [-0.2, -0.15) is 0 Å². The number of imidazole rings is 1. The molecule has 2 aromatic carbocycles. The number of carbonyl (C=O) groups is 1. The average Bonchev–Trinajstić information content (AvgIpc) is 3.04. The number of nitrogens with two attached hydrogens (primary N) is 1. The summed E-state index contributed by atoms with van der Waals surface area (Å²) in [6, 6.07) is 10.5. The minimum Gasteiger partial charge on any atom is -0.505 e. The van der Waals surface area contributed by atoms with Gasteiger partial charge in [0.25, 0.3) is 5.91 Å². The van der Waals surface area contributed by atoms with E-state index in [1.54, 1.807) is 24.3 Å². The number of fused-ring (bicyclic) bond motifs is 1. The molecule has 0 unspecified atom stereocenters. The highest BCUT2D eigenvalue weighted by atomic mass is 19.1. The predicted molar refractivity (Wildman–Crippen MR) is 102 cm³/mol. The highest BCUT2D eigenvalue weighted by molar-refractivity contribution is 6.02. The molecule has 4 rings (SSSR count). The number of aromatic hydroxyl groups is 1. The van der Waals surface area contributed by atoms with Crippen LogP contribution in [-0.4, -0.2) is 37.6 Å². The first-order valence-electron chi connectivity index (χ1n) is 8.35. The molecule has 2 aromatic heterocycles. The van der Waals surface area contributed by atoms with Crippen LogP contribution in [0.1, 0.15) is 10.5 Å². The van der Waals surface area contributed by atoms with E-state index in [9.17, 15) is 19.1 Å². The standard InChI is InChI=1S/C19H14FN5O4/c1-29-10-5-2-4-9(8-10)25-18-15(23-19(25)28)14(16(21)27)22-17(24-18)11-6-3-7-12(26)13(11)20/h2-8,26H,1H3,(H2,21,27)(H,23,28). The third-order valence-corrected chi connectivity index (χ3v) is 4.30. The number of H-pyrrole nitrogens is 1. The number of hydrogen-bond acceptors (Lipinski definition) is 6. The van der Waals surface area contributed by atoms with Crippen LogP contribution in [-0.2, 0) is 0 Å². The summed E-state index contributed by atoms with van der Waals surface area (Å²) in [6.45, 7) is 0. The summed E-state index contributed by atoms with van der Waals surface area (Å²) in [7, 11) is 1.48. The lowest BCUT2D eigenvalue weighted by atomic mass is 10.1. The van der Waals surface area contributed by atoms with Crippen LogP contribution in [0.4, 0.5) is 4.39 Å². The van der Waals surface area contributed by atoms with Crippen molar-refractivity contribution in [3.63, 3.8) is 0 Å². The van der Waals surface area contributed by atoms with Gasteiger partial charge in [-0.15, -0.1) is 0 Å². The lowest BCUT2D eigenvalue weighted by Crippen LogP contribution is -2.15. The minimum absolute atomic E-state index is 0.00892. The maximum atomic E-state index is 14.4. The maximum absolute atomic E-state index is 14.4. The van der Waals surface area contributed by atoms with Crippen LogP contribution < -0.4 is 16.2 Å². The van der Waals surface area contributed by atoms with Gasteiger partial charge in [-0.1, -0.05) is 12.1 Å². The van der Waals surface area contributed by atoms with E-state index in [-0.39, 0.29) is 28.2 Å². The number of primary amides is 1. The van der Waals surface area contributed by atoms with Crippen LogP contribution in [0.25, 0.3) is 28.2 Å². The predicted octanol–water partition coefficient (Wildman–Crippen LogP) is 1.73. The van der Waals surface area contributed by atoms with Gasteiger partial charge in [0.2, 0.25) is 0 Å². The summed E-state index contributed by atoms with van der Waals surface area (Å²) in [4.78, 5) is 35.3. The number of ether oxygens (including phenoxy) is 1. The zero-order valence-electron chi connectivity index (χ0n) is 15.0. The molecule has 0 fully saturated rings. The van der Waals surface area contributed by atoms with Crippen LogP contribution in [0.3, 0.4) is 0 Å². The fraction of sp³-hybridized carbons (Fsp3) is 0.0526. The Balaban J connectivity index is 2.08. The number of amides is 1. The van der Waals surface area contributed by atoms with Gasteiger partial charge >= 0.3 is 5.69 Å². The zero-order chi connectivity index (χ0) is 20.7. The van der Waals surface area contributed by atoms with Gasteiger partial charge in [-0.3, -0.25) is 4.79 Å². The van der Waals surface area contributed by atoms with Crippen LogP contribution in [0.15, 0.2) is 47.3 Å². The molecule has 29 heavy (non-hydrogen) atoms. The number of carbonyl (C=O) groups excluding carboxylic acids is 1. The summed E-state index contributed by atoms with van der Waals surface area (Å²) in [5, 5.41) is 9.65. The minimum atomic E-state index is -0.965. The largest absolute Gasteiger partial charge is 0.505 e. The van der Waals surface area contributed by atoms with Crippen molar-refractivity contribution in [3.05, 3.63) is 64.5 Å². The highest BCUT2D eigenvalue weighted by Gasteiger charge is 2.22. The number of aromatic amines is 1. The number of nitrogens with one attached hydrogen (secondary N) is 1. The van der Waals surface area contributed by atoms with E-state index in [1.165, 1.54) is 23.8 Å². The molecule has 0 spiro atoms. The van der Waals surface area contributed by atoms with Crippen LogP contribution in [0.2, 0.25) is 0 Å². The molecule has 146 valence electrons. The average molecular weight is 395 g/mol. The number of phenolic OH excluding ortho intramolecular Hbond substituents is 1. The Kier molecular flexibility index (Phi) is 4.23. The normalized spacial score (nSPS) is 11.0. The Morgan fingerprint density at radius 1 is 1.24 bits per heavy atom. The Morgan fingerprint density at radius 3 is 2.72 bits per heavy atom. The molecule has 0 aliphatic heterocycles. The summed E-state index contributed by atoms with van der Waals surface area (Å²) < 4.78 is 20.8. The zero-order valence-corrected chi connectivity index (χ0v) is 15.0. The summed E-state index contributed by atoms with van der Waals surface area (Å²) in [5.74, 6) is -2.22. The number of methoxy groups -OCH3 is 1. The Morgan fingerprint density at radius 2 is 2.00 bits per heavy atom. The van der Waals surface area contributed by atoms with E-state index in [4.69, 9.17) is 10.5 Å². The second kappa shape index (κ2) is 6.75. The van der Waals surface area contributed by atoms with E-state index in [0.717, 1.165) is 6.07 Å². The SMILES string of the molecule is COc1cccc(-n2c(=O)[nH]c3c(C(N)=O)nc(-c4cccc(O)c4F)nc32)c1. The van der Waals surface area contributed by atoms with E-state index in [0.29, 0.717) is 11.4 Å². The first kappa shape index (κ1) is 18.2. The monoisotopic (exact) mass is 395 g/mol. The van der Waals surface area contributed by atoms with Crippen LogP contribution in [0.5, 0.6) is 11.5 Å². The molecule has 4 aromatic rings. The second-order valence-electron chi connectivity index (χ2n) is 6.06. The van der Waals surface area contributed by atoms with Crippen LogP contribution >= 0.6 is 0 Å². The summed E-state index contributed by atoms with van der Waals surface area (Å²) in [5.41, 5.74) is 4.81. The summed E-state index contributed by atoms with van der Waals surface area (Å²) >= 11 is 0. The third-order valence-electron chi connectivity index (χ3n) is 4.30. The van der Waals surface area contributed by atoms with Gasteiger partial charge in [0, 0.05) is 6.07 Å². The number of nitrogens with zero attached hydrogens (tertiary/aromatic N) is 3. The van der Waals surface area contributed by atoms with Crippen molar-refractivity contribution < 1.29 is 19.0 Å². The number of phenols is 1. The number of benzene rings is 2. The van der Waals surface area contributed by atoms with Gasteiger partial charge in [0.1, 0.15) is 11.3 Å². The molecule has 0 bridgehead atoms. The number of aromatic nitrogens is 4. The molecule has 0 radical (unpaired) electrons. The molecule has 2 heterocycles. The van der Waals surface area contributed by atoms with Gasteiger partial charge < -0.3 is 20.6 Å². The number of hydrogen-bond donors (Lipinski definition) is 3. The molecular formula is C19H14FN5O4. The van der Waals surface area contributed by atoms with Crippen molar-refractivity contribution in [2.45, 2.75) is 0 Å². The summed E-state index contributed by atoms with van der Waals surface area (Å²) in [6.07, 6.45) is 0. The molecule has 9 nitrogen and oxygen atoms in total. The fourth-order valence-corrected chi connectivity index (χ4v) is 2.97.